The van der Waals surface area contributed by atoms with Gasteiger partial charge in [0.25, 0.3) is 0 Å². The maximum absolute atomic E-state index is 5.88. The Kier molecular flexibility index (Phi) is 5.60. The summed E-state index contributed by atoms with van der Waals surface area (Å²) in [6, 6.07) is 7.54. The zero-order valence-electron chi connectivity index (χ0n) is 9.74. The van der Waals surface area contributed by atoms with Gasteiger partial charge in [0.05, 0.1) is 6.04 Å². The van der Waals surface area contributed by atoms with Crippen LogP contribution in [-0.4, -0.2) is 12.1 Å². The lowest BCUT2D eigenvalue weighted by molar-refractivity contribution is 0.164. The monoisotopic (exact) mass is 242 g/mol. The molecule has 0 aliphatic rings. The Balaban J connectivity index is 2.58. The summed E-state index contributed by atoms with van der Waals surface area (Å²) in [6.07, 6.45) is 2.07. The molecule has 2 unspecified atom stereocenters. The number of hydrogen-bond acceptors (Lipinski definition) is 3. The predicted molar refractivity (Wildman–Crippen MR) is 67.6 cm³/mol. The lowest BCUT2D eigenvalue weighted by Crippen LogP contribution is -2.45. The SMILES string of the molecule is CCCC(NN)C(C)Oc1cccc(Cl)c1. The van der Waals surface area contributed by atoms with Crippen molar-refractivity contribution < 1.29 is 4.74 Å². The Labute approximate surface area is 102 Å². The first-order chi connectivity index (χ1) is 7.67. The van der Waals surface area contributed by atoms with E-state index in [4.69, 9.17) is 22.2 Å². The van der Waals surface area contributed by atoms with Crippen LogP contribution in [0.3, 0.4) is 0 Å². The molecule has 2 atom stereocenters. The number of ether oxygens (including phenoxy) is 1. The van der Waals surface area contributed by atoms with E-state index in [0.29, 0.717) is 5.02 Å². The Morgan fingerprint density at radius 2 is 2.25 bits per heavy atom. The molecular formula is C12H19ClN2O. The van der Waals surface area contributed by atoms with Gasteiger partial charge in [-0.15, -0.1) is 0 Å². The summed E-state index contributed by atoms with van der Waals surface area (Å²) in [7, 11) is 0. The fraction of sp³-hybridized carbons (Fsp3) is 0.500. The first-order valence-electron chi connectivity index (χ1n) is 5.55. The molecule has 0 aliphatic heterocycles. The van der Waals surface area contributed by atoms with E-state index in [9.17, 15) is 0 Å². The van der Waals surface area contributed by atoms with Gasteiger partial charge in [0.2, 0.25) is 0 Å². The van der Waals surface area contributed by atoms with Crippen molar-refractivity contribution in [2.45, 2.75) is 38.8 Å². The van der Waals surface area contributed by atoms with Crippen LogP contribution in [0.4, 0.5) is 0 Å². The highest BCUT2D eigenvalue weighted by molar-refractivity contribution is 6.30. The molecule has 16 heavy (non-hydrogen) atoms. The van der Waals surface area contributed by atoms with Gasteiger partial charge in [0.1, 0.15) is 11.9 Å². The summed E-state index contributed by atoms with van der Waals surface area (Å²) in [5.74, 6) is 6.26. The molecule has 1 aromatic carbocycles. The van der Waals surface area contributed by atoms with E-state index in [1.165, 1.54) is 0 Å². The van der Waals surface area contributed by atoms with Crippen LogP contribution in [0.1, 0.15) is 26.7 Å². The van der Waals surface area contributed by atoms with Gasteiger partial charge >= 0.3 is 0 Å². The van der Waals surface area contributed by atoms with Crippen molar-refractivity contribution in [1.82, 2.24) is 5.43 Å². The molecule has 0 bridgehead atoms. The standard InChI is InChI=1S/C12H19ClN2O/c1-3-5-12(15-14)9(2)16-11-7-4-6-10(13)8-11/h4,6-9,12,15H,3,5,14H2,1-2H3. The molecule has 0 aliphatic carbocycles. The van der Waals surface area contributed by atoms with Crippen molar-refractivity contribution in [1.29, 1.82) is 0 Å². The van der Waals surface area contributed by atoms with Gasteiger partial charge in [-0.3, -0.25) is 11.3 Å². The van der Waals surface area contributed by atoms with Gasteiger partial charge in [-0.2, -0.15) is 0 Å². The summed E-state index contributed by atoms with van der Waals surface area (Å²) in [5.41, 5.74) is 2.78. The second-order valence-electron chi connectivity index (χ2n) is 3.84. The van der Waals surface area contributed by atoms with E-state index < -0.39 is 0 Å². The number of rotatable bonds is 6. The van der Waals surface area contributed by atoms with Gasteiger partial charge in [0, 0.05) is 5.02 Å². The highest BCUT2D eigenvalue weighted by Crippen LogP contribution is 2.19. The zero-order chi connectivity index (χ0) is 12.0. The maximum atomic E-state index is 5.88. The van der Waals surface area contributed by atoms with E-state index in [0.717, 1.165) is 18.6 Å². The Bertz CT molecular complexity index is 320. The third-order valence-corrected chi connectivity index (χ3v) is 2.73. The average Bonchev–Trinajstić information content (AvgIpc) is 2.25. The van der Waals surface area contributed by atoms with Crippen LogP contribution in [0.2, 0.25) is 5.02 Å². The van der Waals surface area contributed by atoms with Crippen LogP contribution in [-0.2, 0) is 0 Å². The fourth-order valence-corrected chi connectivity index (χ4v) is 1.78. The molecule has 0 aromatic heterocycles. The van der Waals surface area contributed by atoms with Gasteiger partial charge in [-0.25, -0.2) is 0 Å². The summed E-state index contributed by atoms with van der Waals surface area (Å²) < 4.78 is 5.77. The number of nitrogens with one attached hydrogen (secondary N) is 1. The van der Waals surface area contributed by atoms with Crippen LogP contribution in [0.25, 0.3) is 0 Å². The highest BCUT2D eigenvalue weighted by Gasteiger charge is 2.16. The molecule has 3 nitrogen and oxygen atoms in total. The maximum Gasteiger partial charge on any atom is 0.121 e. The largest absolute Gasteiger partial charge is 0.489 e. The Morgan fingerprint density at radius 3 is 2.81 bits per heavy atom. The molecule has 0 saturated carbocycles. The number of hydrogen-bond donors (Lipinski definition) is 2. The van der Waals surface area contributed by atoms with Crippen LogP contribution in [0.5, 0.6) is 5.75 Å². The number of benzene rings is 1. The van der Waals surface area contributed by atoms with E-state index in [-0.39, 0.29) is 12.1 Å². The summed E-state index contributed by atoms with van der Waals surface area (Å²) >= 11 is 5.88. The van der Waals surface area contributed by atoms with E-state index in [2.05, 4.69) is 12.3 Å². The number of hydrazine groups is 1. The third-order valence-electron chi connectivity index (χ3n) is 2.50. The van der Waals surface area contributed by atoms with Crippen LogP contribution < -0.4 is 16.0 Å². The van der Waals surface area contributed by atoms with Crippen molar-refractivity contribution in [3.63, 3.8) is 0 Å². The fourth-order valence-electron chi connectivity index (χ4n) is 1.60. The number of halogens is 1. The second kappa shape index (κ2) is 6.74. The normalized spacial score (nSPS) is 14.5. The van der Waals surface area contributed by atoms with E-state index in [1.807, 2.05) is 25.1 Å². The van der Waals surface area contributed by atoms with E-state index in [1.54, 1.807) is 6.07 Å². The summed E-state index contributed by atoms with van der Waals surface area (Å²) in [5, 5.41) is 0.678. The van der Waals surface area contributed by atoms with Gasteiger partial charge < -0.3 is 4.74 Å². The molecule has 1 rings (SSSR count). The van der Waals surface area contributed by atoms with Crippen molar-refractivity contribution in [2.24, 2.45) is 5.84 Å². The second-order valence-corrected chi connectivity index (χ2v) is 4.28. The zero-order valence-corrected chi connectivity index (χ0v) is 10.5. The van der Waals surface area contributed by atoms with Crippen molar-refractivity contribution in [2.75, 3.05) is 0 Å². The molecule has 0 heterocycles. The van der Waals surface area contributed by atoms with Crippen molar-refractivity contribution in [3.05, 3.63) is 29.3 Å². The molecule has 0 spiro atoms. The van der Waals surface area contributed by atoms with Crippen LogP contribution in [0, 0.1) is 0 Å². The van der Waals surface area contributed by atoms with Gasteiger partial charge in [0.15, 0.2) is 0 Å². The van der Waals surface area contributed by atoms with E-state index >= 15 is 0 Å². The molecule has 0 saturated heterocycles. The molecule has 0 radical (unpaired) electrons. The smallest absolute Gasteiger partial charge is 0.121 e. The summed E-state index contributed by atoms with van der Waals surface area (Å²) in [4.78, 5) is 0. The van der Waals surface area contributed by atoms with Crippen LogP contribution >= 0.6 is 11.6 Å². The molecular weight excluding hydrogens is 224 g/mol. The number of nitrogens with two attached hydrogens (primary N) is 1. The molecule has 4 heteroatoms. The first-order valence-corrected chi connectivity index (χ1v) is 5.93. The average molecular weight is 243 g/mol. The Morgan fingerprint density at radius 1 is 1.50 bits per heavy atom. The minimum atomic E-state index is 0.0171. The quantitative estimate of drug-likeness (QED) is 0.596. The molecule has 90 valence electrons. The molecule has 0 amide bonds. The van der Waals surface area contributed by atoms with Crippen LogP contribution in [0.15, 0.2) is 24.3 Å². The predicted octanol–water partition coefficient (Wildman–Crippen LogP) is 2.74. The minimum Gasteiger partial charge on any atom is -0.489 e. The topological polar surface area (TPSA) is 47.3 Å². The van der Waals surface area contributed by atoms with Gasteiger partial charge in [-0.05, 0) is 31.5 Å². The lowest BCUT2D eigenvalue weighted by Gasteiger charge is -2.23. The summed E-state index contributed by atoms with van der Waals surface area (Å²) in [6.45, 7) is 4.12. The third kappa shape index (κ3) is 4.00. The Hall–Kier alpha value is -0.770. The van der Waals surface area contributed by atoms with Gasteiger partial charge in [-0.1, -0.05) is 31.0 Å². The van der Waals surface area contributed by atoms with Crippen molar-refractivity contribution in [3.8, 4) is 5.75 Å². The minimum absolute atomic E-state index is 0.0171. The molecule has 1 aromatic rings. The highest BCUT2D eigenvalue weighted by atomic mass is 35.5. The lowest BCUT2D eigenvalue weighted by atomic mass is 10.1. The molecule has 0 fully saturated rings. The first kappa shape index (κ1) is 13.3. The van der Waals surface area contributed by atoms with Crippen molar-refractivity contribution >= 4 is 11.6 Å². The molecule has 3 N–H and O–H groups in total.